The number of aliphatic hydroxyl groups excluding tert-OH is 1. The lowest BCUT2D eigenvalue weighted by Gasteiger charge is -2.25. The molecular formula is C71H82F6N6O13. The lowest BCUT2D eigenvalue weighted by atomic mass is 9.97. The molecule has 0 radical (unpaired) electrons. The van der Waals surface area contributed by atoms with Crippen LogP contribution < -0.4 is 18.9 Å². The number of pyridine rings is 2. The summed E-state index contributed by atoms with van der Waals surface area (Å²) in [5.41, 5.74) is 1.63. The number of amides is 2. The van der Waals surface area contributed by atoms with Crippen molar-refractivity contribution in [3.63, 3.8) is 0 Å². The fourth-order valence-corrected chi connectivity index (χ4v) is 11.1. The van der Waals surface area contributed by atoms with E-state index in [1.807, 2.05) is 58.0 Å². The predicted octanol–water partition coefficient (Wildman–Crippen LogP) is 15.0. The number of ether oxygens (including phenoxy) is 5. The highest BCUT2D eigenvalue weighted by Gasteiger charge is 2.41. The number of rotatable bonds is 25. The van der Waals surface area contributed by atoms with Crippen LogP contribution >= 0.6 is 0 Å². The van der Waals surface area contributed by atoms with Gasteiger partial charge in [-0.15, -0.1) is 0 Å². The zero-order valence-electron chi connectivity index (χ0n) is 53.8. The van der Waals surface area contributed by atoms with Crippen molar-refractivity contribution in [2.45, 2.75) is 176 Å². The first-order chi connectivity index (χ1) is 45.5. The van der Waals surface area contributed by atoms with Gasteiger partial charge in [-0.05, 0) is 137 Å². The van der Waals surface area contributed by atoms with Gasteiger partial charge in [-0.3, -0.25) is 19.6 Å². The maximum Gasteiger partial charge on any atom is 0.437 e. The van der Waals surface area contributed by atoms with Gasteiger partial charge in [-0.1, -0.05) is 108 Å². The number of hydrogen-bond acceptors (Lipinski definition) is 16. The van der Waals surface area contributed by atoms with Crippen LogP contribution in [0.5, 0.6) is 23.0 Å². The minimum absolute atomic E-state index is 0. The van der Waals surface area contributed by atoms with E-state index in [0.29, 0.717) is 109 Å². The molecule has 2 saturated heterocycles. The highest BCUT2D eigenvalue weighted by atomic mass is 19.4. The average Bonchev–Trinajstić information content (AvgIpc) is 1.54. The molecule has 4 atom stereocenters. The summed E-state index contributed by atoms with van der Waals surface area (Å²) < 4.78 is 123. The van der Waals surface area contributed by atoms with Crippen LogP contribution in [-0.2, 0) is 75.2 Å². The first-order valence-corrected chi connectivity index (χ1v) is 31.8. The standard InChI is InChI=1S/C35H38F3N3O6.C28H27F3N2O5.C7H13NO2.CH4/c1-4-10-24-20-28-31(47-40-32(28)35(36,37)38)27(11-5-2)29(24)46-30(34(43)45-22(3)33(42)41-18-8-9-19-41)23-13-15-26(16-14-23)44-21-25-12-6-7-17-39-25;1-3-7-18-15-22-25(38-33-26(22)28(29,30)31)21(8-4-2)23(18)37-24(27(34)35)17-10-12-20(13-11-17)36-16-19-9-5-6-14-32-19;1-6(9)7(10)8-4-2-3-5-8;/h6-7,12-17,20,22,30H,4-5,8-11,18-19,21H2,1-3H3;5-6,9-15,24H,3-4,7-8,16H2,1-2H3,(H,34,35);6,9H,2-5H2,1H3;1H4/t22-,30?;;6-;/m1.1./s1. The number of aliphatic hydroxyl groups is 1. The van der Waals surface area contributed by atoms with Gasteiger partial charge in [-0.2, -0.15) is 26.3 Å². The Morgan fingerprint density at radius 2 is 0.958 bits per heavy atom. The molecule has 25 heteroatoms. The largest absolute Gasteiger partial charge is 0.487 e. The van der Waals surface area contributed by atoms with E-state index >= 15 is 0 Å². The average molecular weight is 1340 g/mol. The maximum absolute atomic E-state index is 13.9. The summed E-state index contributed by atoms with van der Waals surface area (Å²) in [6.45, 7) is 13.9. The molecule has 0 spiro atoms. The van der Waals surface area contributed by atoms with Gasteiger partial charge in [0.1, 0.15) is 42.3 Å². The van der Waals surface area contributed by atoms with Crippen molar-refractivity contribution in [1.29, 1.82) is 0 Å². The SMILES string of the molecule is C.CCCc1cc2c(C(F)(F)F)noc2c(CCC)c1OC(C(=O)O)c1ccc(OCc2ccccn2)cc1.CCCc1cc2c(C(F)(F)F)noc2c(CCC)c1OC(C(=O)O[C@H](C)C(=O)N1CCCC1)c1ccc(OCc2ccccn2)cc1.C[C@@H](O)C(=O)N1CCCC1. The van der Waals surface area contributed by atoms with Gasteiger partial charge >= 0.3 is 24.3 Å². The Hall–Kier alpha value is -9.26. The number of benzene rings is 4. The van der Waals surface area contributed by atoms with Gasteiger partial charge in [-0.25, -0.2) is 9.59 Å². The molecule has 4 aromatic carbocycles. The molecular weight excluding hydrogens is 1260 g/mol. The summed E-state index contributed by atoms with van der Waals surface area (Å²) >= 11 is 0. The molecule has 0 aliphatic carbocycles. The van der Waals surface area contributed by atoms with E-state index in [1.165, 1.54) is 26.0 Å². The highest BCUT2D eigenvalue weighted by molar-refractivity contribution is 5.89. The lowest BCUT2D eigenvalue weighted by Crippen LogP contribution is -2.39. The highest BCUT2D eigenvalue weighted by Crippen LogP contribution is 2.44. The van der Waals surface area contributed by atoms with E-state index in [1.54, 1.807) is 76.8 Å². The minimum atomic E-state index is -4.72. The number of aliphatic carboxylic acids is 1. The molecule has 19 nitrogen and oxygen atoms in total. The van der Waals surface area contributed by atoms with Crippen LogP contribution in [0.4, 0.5) is 26.3 Å². The Labute approximate surface area is 553 Å². The molecule has 6 heterocycles. The summed E-state index contributed by atoms with van der Waals surface area (Å²) in [6, 6.07) is 26.8. The number of likely N-dealkylation sites (tertiary alicyclic amines) is 2. The summed E-state index contributed by atoms with van der Waals surface area (Å²) in [4.78, 5) is 62.0. The van der Waals surface area contributed by atoms with Crippen molar-refractivity contribution in [1.82, 2.24) is 30.1 Å². The van der Waals surface area contributed by atoms with E-state index in [4.69, 9.17) is 37.8 Å². The molecule has 2 fully saturated rings. The Balaban J connectivity index is 0.000000238. The number of esters is 1. The predicted molar refractivity (Wildman–Crippen MR) is 344 cm³/mol. The molecule has 8 aromatic rings. The number of aryl methyl sites for hydroxylation is 4. The third-order valence-corrected chi connectivity index (χ3v) is 15.7. The second-order valence-electron chi connectivity index (χ2n) is 23.0. The molecule has 2 unspecified atom stereocenters. The van der Waals surface area contributed by atoms with Crippen LogP contribution in [0.25, 0.3) is 21.9 Å². The van der Waals surface area contributed by atoms with Gasteiger partial charge in [0.15, 0.2) is 28.7 Å². The number of carbonyl (C=O) groups is 4. The second-order valence-corrected chi connectivity index (χ2v) is 23.0. The fraction of sp³-hybridized carbons (Fsp3) is 0.437. The summed E-state index contributed by atoms with van der Waals surface area (Å²) in [7, 11) is 0. The van der Waals surface area contributed by atoms with Crippen LogP contribution in [0.3, 0.4) is 0 Å². The summed E-state index contributed by atoms with van der Waals surface area (Å²) in [6.07, 6.45) is -3.08. The minimum Gasteiger partial charge on any atom is -0.487 e. The van der Waals surface area contributed by atoms with Crippen molar-refractivity contribution in [2.24, 2.45) is 0 Å². The first-order valence-electron chi connectivity index (χ1n) is 31.8. The zero-order valence-corrected chi connectivity index (χ0v) is 53.8. The van der Waals surface area contributed by atoms with Crippen LogP contribution in [-0.4, -0.2) is 102 Å². The number of nitrogens with zero attached hydrogens (tertiary/aromatic N) is 6. The first kappa shape index (κ1) is 74.1. The van der Waals surface area contributed by atoms with Crippen LogP contribution in [0, 0.1) is 0 Å². The normalized spacial score (nSPS) is 14.3. The molecule has 2 aliphatic heterocycles. The molecule has 516 valence electrons. The lowest BCUT2D eigenvalue weighted by molar-refractivity contribution is -0.165. The van der Waals surface area contributed by atoms with E-state index in [0.717, 1.165) is 50.2 Å². The molecule has 0 bridgehead atoms. The summed E-state index contributed by atoms with van der Waals surface area (Å²) in [5, 5.41) is 25.2. The molecule has 4 aromatic heterocycles. The Kier molecular flexibility index (Phi) is 26.6. The third kappa shape index (κ3) is 19.0. The molecule has 2 N–H and O–H groups in total. The molecule has 0 saturated carbocycles. The number of carboxylic acids is 1. The fourth-order valence-electron chi connectivity index (χ4n) is 11.1. The van der Waals surface area contributed by atoms with E-state index in [9.17, 15) is 50.6 Å². The number of fused-ring (bicyclic) bond motifs is 2. The quantitative estimate of drug-likeness (QED) is 0.0399. The number of carbonyl (C=O) groups excluding carboxylic acids is 3. The van der Waals surface area contributed by atoms with E-state index in [2.05, 4.69) is 20.3 Å². The van der Waals surface area contributed by atoms with Gasteiger partial charge in [0.05, 0.1) is 22.2 Å². The number of alkyl halides is 6. The van der Waals surface area contributed by atoms with Gasteiger partial charge in [0.2, 0.25) is 12.2 Å². The Morgan fingerprint density at radius 1 is 0.562 bits per heavy atom. The van der Waals surface area contributed by atoms with E-state index < -0.39 is 60.1 Å². The second kappa shape index (κ2) is 34.4. The molecule has 2 aliphatic rings. The molecule has 96 heavy (non-hydrogen) atoms. The monoisotopic (exact) mass is 1340 g/mol. The van der Waals surface area contributed by atoms with Crippen molar-refractivity contribution >= 4 is 45.7 Å². The summed E-state index contributed by atoms with van der Waals surface area (Å²) in [5.74, 6) is -0.992. The van der Waals surface area contributed by atoms with Crippen LogP contribution in [0.15, 0.2) is 119 Å². The smallest absolute Gasteiger partial charge is 0.437 e. The van der Waals surface area contributed by atoms with Gasteiger partial charge in [0, 0.05) is 60.8 Å². The topological polar surface area (TPSA) is 239 Å². The Morgan fingerprint density at radius 3 is 1.32 bits per heavy atom. The number of hydrogen-bond donors (Lipinski definition) is 2. The van der Waals surface area contributed by atoms with Crippen molar-refractivity contribution in [2.75, 3.05) is 26.2 Å². The van der Waals surface area contributed by atoms with Crippen molar-refractivity contribution < 1.29 is 88.5 Å². The van der Waals surface area contributed by atoms with Gasteiger partial charge in [0.25, 0.3) is 11.8 Å². The Bertz CT molecular complexity index is 3820. The number of carboxylic acid groups (broad SMARTS) is 1. The maximum atomic E-state index is 13.9. The van der Waals surface area contributed by atoms with Crippen LogP contribution in [0.2, 0.25) is 0 Å². The van der Waals surface area contributed by atoms with Crippen LogP contribution in [0.1, 0.15) is 169 Å². The molecule has 10 rings (SSSR count). The zero-order chi connectivity index (χ0) is 68.4. The molecule has 2 amide bonds. The number of aromatic nitrogens is 4. The third-order valence-electron chi connectivity index (χ3n) is 15.7. The van der Waals surface area contributed by atoms with Gasteiger partial charge < -0.3 is 52.7 Å². The number of halogens is 6. The van der Waals surface area contributed by atoms with Crippen molar-refractivity contribution in [3.8, 4) is 23.0 Å². The van der Waals surface area contributed by atoms with E-state index in [-0.39, 0.29) is 65.9 Å². The van der Waals surface area contributed by atoms with Crippen molar-refractivity contribution in [3.05, 3.63) is 166 Å².